The van der Waals surface area contributed by atoms with Crippen LogP contribution in [0.15, 0.2) is 30.3 Å². The van der Waals surface area contributed by atoms with Gasteiger partial charge in [-0.2, -0.15) is 5.10 Å². The van der Waals surface area contributed by atoms with Crippen LogP contribution in [0.3, 0.4) is 0 Å². The summed E-state index contributed by atoms with van der Waals surface area (Å²) in [7, 11) is 3.29. The van der Waals surface area contributed by atoms with E-state index in [-0.39, 0.29) is 0 Å². The van der Waals surface area contributed by atoms with Gasteiger partial charge >= 0.3 is 0 Å². The molecule has 0 radical (unpaired) electrons. The fourth-order valence-electron chi connectivity index (χ4n) is 3.01. The van der Waals surface area contributed by atoms with Gasteiger partial charge in [0.2, 0.25) is 0 Å². The molecule has 1 heterocycles. The molecule has 0 saturated heterocycles. The summed E-state index contributed by atoms with van der Waals surface area (Å²) in [5, 5.41) is 7.40. The summed E-state index contributed by atoms with van der Waals surface area (Å²) in [6, 6.07) is 9.96. The highest BCUT2D eigenvalue weighted by Gasteiger charge is 2.16. The molecule has 210 valence electrons. The van der Waals surface area contributed by atoms with Gasteiger partial charge in [-0.25, -0.2) is 0 Å². The second kappa shape index (κ2) is 21.9. The van der Waals surface area contributed by atoms with E-state index in [1.165, 1.54) is 0 Å². The molecule has 0 aliphatic heterocycles. The zero-order chi connectivity index (χ0) is 26.2. The highest BCUT2D eigenvalue weighted by molar-refractivity contribution is 5.32. The van der Waals surface area contributed by atoms with Crippen LogP contribution in [0.1, 0.15) is 17.0 Å². The molecule has 0 spiro atoms. The van der Waals surface area contributed by atoms with Crippen molar-refractivity contribution in [1.82, 2.24) is 10.2 Å². The monoisotopic (exact) mass is 526 g/mol. The van der Waals surface area contributed by atoms with Crippen molar-refractivity contribution in [2.24, 2.45) is 0 Å². The largest absolute Gasteiger partial charge is 0.485 e. The van der Waals surface area contributed by atoms with E-state index >= 15 is 0 Å². The van der Waals surface area contributed by atoms with E-state index in [1.807, 2.05) is 30.3 Å². The SMILES string of the molecule is COCCOCCOCCOCc1n[nH]c(COCCOCCOCCOC)c1OCc1ccccc1. The van der Waals surface area contributed by atoms with E-state index in [2.05, 4.69) is 10.2 Å². The topological polar surface area (TPSA) is 112 Å². The lowest BCUT2D eigenvalue weighted by atomic mass is 10.2. The molecule has 2 rings (SSSR count). The van der Waals surface area contributed by atoms with Crippen LogP contribution in [-0.4, -0.2) is 104 Å². The number of aromatic amines is 1. The zero-order valence-electron chi connectivity index (χ0n) is 22.1. The molecule has 0 saturated carbocycles. The standard InChI is InChI=1S/C26H42N2O9/c1-29-8-10-31-12-14-33-16-18-35-21-24-26(37-20-23-6-4-3-5-7-23)25(28-27-24)22-36-19-17-34-15-13-32-11-9-30-2/h3-7H,8-22H2,1-2H3,(H,27,28). The average molecular weight is 527 g/mol. The minimum absolute atomic E-state index is 0.292. The van der Waals surface area contributed by atoms with Crippen LogP contribution < -0.4 is 4.74 Å². The molecule has 0 bridgehead atoms. The molecule has 37 heavy (non-hydrogen) atoms. The van der Waals surface area contributed by atoms with E-state index in [9.17, 15) is 0 Å². The highest BCUT2D eigenvalue weighted by Crippen LogP contribution is 2.24. The van der Waals surface area contributed by atoms with Gasteiger partial charge in [0.1, 0.15) is 18.0 Å². The minimum Gasteiger partial charge on any atom is -0.485 e. The maximum Gasteiger partial charge on any atom is 0.168 e. The molecular formula is C26H42N2O9. The first kappa shape index (κ1) is 31.1. The molecule has 1 N–H and O–H groups in total. The average Bonchev–Trinajstić information content (AvgIpc) is 3.31. The second-order valence-corrected chi connectivity index (χ2v) is 7.79. The van der Waals surface area contributed by atoms with Crippen molar-refractivity contribution < 1.29 is 42.6 Å². The van der Waals surface area contributed by atoms with E-state index in [0.717, 1.165) is 11.3 Å². The Hall–Kier alpha value is -2.09. The Bertz CT molecular complexity index is 735. The van der Waals surface area contributed by atoms with Gasteiger partial charge in [0.05, 0.1) is 92.5 Å². The van der Waals surface area contributed by atoms with Crippen molar-refractivity contribution >= 4 is 0 Å². The molecule has 11 heteroatoms. The van der Waals surface area contributed by atoms with Gasteiger partial charge in [-0.05, 0) is 5.56 Å². The van der Waals surface area contributed by atoms with Crippen molar-refractivity contribution in [2.75, 3.05) is 93.5 Å². The Kier molecular flexibility index (Phi) is 18.5. The fourth-order valence-corrected chi connectivity index (χ4v) is 3.01. The van der Waals surface area contributed by atoms with Gasteiger partial charge in [0, 0.05) is 14.2 Å². The zero-order valence-corrected chi connectivity index (χ0v) is 22.1. The number of hydrogen-bond donors (Lipinski definition) is 1. The number of H-pyrrole nitrogens is 1. The Morgan fingerprint density at radius 3 is 1.59 bits per heavy atom. The Balaban J connectivity index is 1.70. The molecule has 2 aromatic rings. The Labute approximate surface area is 219 Å². The summed E-state index contributed by atoms with van der Waals surface area (Å²) < 4.78 is 49.2. The summed E-state index contributed by atoms with van der Waals surface area (Å²) in [6.45, 7) is 7.17. The number of aromatic nitrogens is 2. The smallest absolute Gasteiger partial charge is 0.168 e. The van der Waals surface area contributed by atoms with Gasteiger partial charge in [0.15, 0.2) is 5.75 Å². The highest BCUT2D eigenvalue weighted by atomic mass is 16.6. The Morgan fingerprint density at radius 1 is 0.568 bits per heavy atom. The maximum absolute atomic E-state index is 6.11. The molecule has 11 nitrogen and oxygen atoms in total. The van der Waals surface area contributed by atoms with Gasteiger partial charge in [-0.15, -0.1) is 0 Å². The summed E-state index contributed by atoms with van der Waals surface area (Å²) in [5.41, 5.74) is 2.49. The first-order chi connectivity index (χ1) is 18.3. The van der Waals surface area contributed by atoms with Crippen LogP contribution in [0.2, 0.25) is 0 Å². The van der Waals surface area contributed by atoms with Crippen molar-refractivity contribution in [3.63, 3.8) is 0 Å². The third-order valence-electron chi connectivity index (χ3n) is 4.92. The third kappa shape index (κ3) is 15.0. The molecule has 1 aromatic heterocycles. The first-order valence-electron chi connectivity index (χ1n) is 12.5. The second-order valence-electron chi connectivity index (χ2n) is 7.79. The predicted molar refractivity (Wildman–Crippen MR) is 136 cm³/mol. The molecule has 0 aliphatic rings. The van der Waals surface area contributed by atoms with Crippen molar-refractivity contribution in [1.29, 1.82) is 0 Å². The number of ether oxygens (including phenoxy) is 9. The summed E-state index contributed by atoms with van der Waals surface area (Å²) >= 11 is 0. The molecule has 1 aromatic carbocycles. The molecular weight excluding hydrogens is 484 g/mol. The van der Waals surface area contributed by atoms with Gasteiger partial charge in [0.25, 0.3) is 0 Å². The van der Waals surface area contributed by atoms with Gasteiger partial charge in [-0.1, -0.05) is 30.3 Å². The predicted octanol–water partition coefficient (Wildman–Crippen LogP) is 2.38. The van der Waals surface area contributed by atoms with Gasteiger partial charge in [-0.3, -0.25) is 5.10 Å². The number of methoxy groups -OCH3 is 2. The lowest BCUT2D eigenvalue weighted by Gasteiger charge is -2.11. The number of benzene rings is 1. The normalized spacial score (nSPS) is 11.3. The van der Waals surface area contributed by atoms with Crippen molar-refractivity contribution in [3.05, 3.63) is 47.3 Å². The van der Waals surface area contributed by atoms with E-state index in [4.69, 9.17) is 42.6 Å². The lowest BCUT2D eigenvalue weighted by Crippen LogP contribution is -2.11. The maximum atomic E-state index is 6.11. The van der Waals surface area contributed by atoms with Crippen LogP contribution >= 0.6 is 0 Å². The number of rotatable bonds is 25. The van der Waals surface area contributed by atoms with Crippen molar-refractivity contribution in [3.8, 4) is 5.75 Å². The summed E-state index contributed by atoms with van der Waals surface area (Å²) in [6.07, 6.45) is 0. The first-order valence-corrected chi connectivity index (χ1v) is 12.5. The van der Waals surface area contributed by atoms with Crippen LogP contribution in [0.4, 0.5) is 0 Å². The van der Waals surface area contributed by atoms with Crippen LogP contribution in [0, 0.1) is 0 Å². The van der Waals surface area contributed by atoms with Crippen LogP contribution in [-0.2, 0) is 57.7 Å². The van der Waals surface area contributed by atoms with E-state index in [1.54, 1.807) is 14.2 Å². The number of nitrogens with zero attached hydrogens (tertiary/aromatic N) is 1. The lowest BCUT2D eigenvalue weighted by molar-refractivity contribution is -0.000332. The molecule has 0 amide bonds. The molecule has 0 fully saturated rings. The Morgan fingerprint density at radius 2 is 1.05 bits per heavy atom. The minimum atomic E-state index is 0.292. The van der Waals surface area contributed by atoms with Crippen LogP contribution in [0.25, 0.3) is 0 Å². The summed E-state index contributed by atoms with van der Waals surface area (Å²) in [4.78, 5) is 0. The van der Waals surface area contributed by atoms with E-state index in [0.29, 0.717) is 111 Å². The molecule has 0 aliphatic carbocycles. The third-order valence-corrected chi connectivity index (χ3v) is 4.92. The quantitative estimate of drug-likeness (QED) is 0.194. The molecule has 0 atom stereocenters. The van der Waals surface area contributed by atoms with Gasteiger partial charge < -0.3 is 42.6 Å². The van der Waals surface area contributed by atoms with Crippen molar-refractivity contribution in [2.45, 2.75) is 19.8 Å². The summed E-state index contributed by atoms with van der Waals surface area (Å²) in [5.74, 6) is 0.642. The number of nitrogens with one attached hydrogen (secondary N) is 1. The fraction of sp³-hybridized carbons (Fsp3) is 0.654. The number of hydrogen-bond acceptors (Lipinski definition) is 10. The molecule has 0 unspecified atom stereocenters. The van der Waals surface area contributed by atoms with E-state index < -0.39 is 0 Å². The van der Waals surface area contributed by atoms with Crippen LogP contribution in [0.5, 0.6) is 5.75 Å².